The van der Waals surface area contributed by atoms with Gasteiger partial charge in [0.05, 0.1) is 6.04 Å². The molecule has 0 bridgehead atoms. The summed E-state index contributed by atoms with van der Waals surface area (Å²) in [4.78, 5) is 16.6. The number of hydrogen-bond acceptors (Lipinski definition) is 3. The fraction of sp³-hybridized carbons (Fsp3) is 0.450. The summed E-state index contributed by atoms with van der Waals surface area (Å²) in [6.45, 7) is 3.41. The van der Waals surface area contributed by atoms with E-state index >= 15 is 0 Å². The summed E-state index contributed by atoms with van der Waals surface area (Å²) >= 11 is 1.72. The zero-order valence-electron chi connectivity index (χ0n) is 14.2. The number of hydrogen-bond donors (Lipinski definition) is 1. The van der Waals surface area contributed by atoms with E-state index in [1.54, 1.807) is 11.3 Å². The Kier molecular flexibility index (Phi) is 5.69. The van der Waals surface area contributed by atoms with Crippen molar-refractivity contribution in [2.45, 2.75) is 38.8 Å². The van der Waals surface area contributed by atoms with Crippen LogP contribution in [0.2, 0.25) is 0 Å². The van der Waals surface area contributed by atoms with Gasteiger partial charge in [-0.3, -0.25) is 4.79 Å². The smallest absolute Gasteiger partial charge is 0.226 e. The third-order valence-corrected chi connectivity index (χ3v) is 6.22. The van der Waals surface area contributed by atoms with E-state index in [0.717, 1.165) is 19.3 Å². The highest BCUT2D eigenvalue weighted by Gasteiger charge is 2.36. The van der Waals surface area contributed by atoms with Gasteiger partial charge < -0.3 is 10.6 Å². The standard InChI is InChI=1S/C20H26N2OS/c1-15(19-11-6-12-24-19)22(14-16-7-3-2-4-8-16)20(23)18-10-5-9-17(18)13-21/h2-4,6-8,11-12,15,17-18H,5,9-10,13-14,21H2,1H3/t15?,17-,18-/m1/s1. The zero-order valence-corrected chi connectivity index (χ0v) is 15.0. The molecule has 1 aromatic heterocycles. The van der Waals surface area contributed by atoms with Gasteiger partial charge in [0.1, 0.15) is 0 Å². The van der Waals surface area contributed by atoms with Crippen LogP contribution in [0.1, 0.15) is 42.7 Å². The molecule has 2 N–H and O–H groups in total. The van der Waals surface area contributed by atoms with Gasteiger partial charge in [-0.1, -0.05) is 42.8 Å². The molecular weight excluding hydrogens is 316 g/mol. The molecular formula is C20H26N2OS. The van der Waals surface area contributed by atoms with E-state index in [4.69, 9.17) is 5.73 Å². The summed E-state index contributed by atoms with van der Waals surface area (Å²) < 4.78 is 0. The molecule has 1 aliphatic carbocycles. The summed E-state index contributed by atoms with van der Waals surface area (Å²) in [5, 5.41) is 2.08. The van der Waals surface area contributed by atoms with Gasteiger partial charge in [0.2, 0.25) is 5.91 Å². The van der Waals surface area contributed by atoms with Crippen LogP contribution < -0.4 is 5.73 Å². The van der Waals surface area contributed by atoms with Crippen LogP contribution in [0, 0.1) is 11.8 Å². The average molecular weight is 343 g/mol. The van der Waals surface area contributed by atoms with Crippen LogP contribution in [0.15, 0.2) is 47.8 Å². The van der Waals surface area contributed by atoms with Crippen LogP contribution in [-0.2, 0) is 11.3 Å². The van der Waals surface area contributed by atoms with Crippen molar-refractivity contribution in [1.29, 1.82) is 0 Å². The van der Waals surface area contributed by atoms with E-state index in [1.165, 1.54) is 10.4 Å². The van der Waals surface area contributed by atoms with Crippen LogP contribution in [0.4, 0.5) is 0 Å². The molecule has 24 heavy (non-hydrogen) atoms. The molecule has 3 rings (SSSR count). The summed E-state index contributed by atoms with van der Waals surface area (Å²) in [6, 6.07) is 14.5. The second-order valence-electron chi connectivity index (χ2n) is 6.68. The van der Waals surface area contributed by atoms with Gasteiger partial charge in [0.25, 0.3) is 0 Å². The second-order valence-corrected chi connectivity index (χ2v) is 7.66. The van der Waals surface area contributed by atoms with E-state index in [9.17, 15) is 4.79 Å². The molecule has 1 saturated carbocycles. The van der Waals surface area contributed by atoms with Crippen molar-refractivity contribution >= 4 is 17.2 Å². The number of carbonyl (C=O) groups is 1. The number of nitrogens with two attached hydrogens (primary N) is 1. The summed E-state index contributed by atoms with van der Waals surface area (Å²) in [5.74, 6) is 0.695. The highest BCUT2D eigenvalue weighted by Crippen LogP contribution is 2.36. The maximum Gasteiger partial charge on any atom is 0.226 e. The first kappa shape index (κ1) is 17.2. The van der Waals surface area contributed by atoms with E-state index in [1.807, 2.05) is 18.2 Å². The largest absolute Gasteiger partial charge is 0.331 e. The third kappa shape index (κ3) is 3.70. The summed E-state index contributed by atoms with van der Waals surface area (Å²) in [5.41, 5.74) is 7.09. The molecule has 2 aromatic rings. The molecule has 1 heterocycles. The zero-order chi connectivity index (χ0) is 16.9. The Morgan fingerprint density at radius 2 is 2.04 bits per heavy atom. The molecule has 1 aliphatic rings. The third-order valence-electron chi connectivity index (χ3n) is 5.18. The molecule has 0 radical (unpaired) electrons. The number of thiophene rings is 1. The maximum absolute atomic E-state index is 13.3. The Morgan fingerprint density at radius 1 is 1.25 bits per heavy atom. The van der Waals surface area contributed by atoms with Crippen LogP contribution in [0.25, 0.3) is 0 Å². The summed E-state index contributed by atoms with van der Waals surface area (Å²) in [6.07, 6.45) is 3.17. The SMILES string of the molecule is CC(c1cccs1)N(Cc1ccccc1)C(=O)[C@@H]1CCC[C@@H]1CN. The fourth-order valence-electron chi connectivity index (χ4n) is 3.73. The van der Waals surface area contributed by atoms with Gasteiger partial charge in [-0.25, -0.2) is 0 Å². The van der Waals surface area contributed by atoms with Gasteiger partial charge in [-0.15, -0.1) is 11.3 Å². The van der Waals surface area contributed by atoms with Crippen LogP contribution in [0.5, 0.6) is 0 Å². The van der Waals surface area contributed by atoms with Crippen molar-refractivity contribution in [2.24, 2.45) is 17.6 Å². The fourth-order valence-corrected chi connectivity index (χ4v) is 4.52. The van der Waals surface area contributed by atoms with Crippen molar-refractivity contribution in [3.8, 4) is 0 Å². The lowest BCUT2D eigenvalue weighted by Gasteiger charge is -2.33. The predicted octanol–water partition coefficient (Wildman–Crippen LogP) is 4.21. The van der Waals surface area contributed by atoms with E-state index < -0.39 is 0 Å². The Hall–Kier alpha value is -1.65. The normalized spacial score (nSPS) is 21.6. The molecule has 1 fully saturated rings. The first-order valence-electron chi connectivity index (χ1n) is 8.78. The summed E-state index contributed by atoms with van der Waals surface area (Å²) in [7, 11) is 0. The van der Waals surface area contributed by atoms with Gasteiger partial charge in [-0.05, 0) is 49.2 Å². The minimum absolute atomic E-state index is 0.0844. The molecule has 0 saturated heterocycles. The van der Waals surface area contributed by atoms with E-state index in [-0.39, 0.29) is 17.9 Å². The first-order chi connectivity index (χ1) is 11.7. The molecule has 4 heteroatoms. The predicted molar refractivity (Wildman–Crippen MR) is 99.6 cm³/mol. The number of rotatable bonds is 6. The first-order valence-corrected chi connectivity index (χ1v) is 9.66. The lowest BCUT2D eigenvalue weighted by atomic mass is 9.94. The van der Waals surface area contributed by atoms with E-state index in [2.05, 4.69) is 41.5 Å². The number of carbonyl (C=O) groups excluding carboxylic acids is 1. The lowest BCUT2D eigenvalue weighted by Crippen LogP contribution is -2.40. The molecule has 3 atom stereocenters. The van der Waals surface area contributed by atoms with Gasteiger partial charge in [-0.2, -0.15) is 0 Å². The Morgan fingerprint density at radius 3 is 2.71 bits per heavy atom. The number of nitrogens with zero attached hydrogens (tertiary/aromatic N) is 1. The van der Waals surface area contributed by atoms with Crippen molar-refractivity contribution in [1.82, 2.24) is 4.90 Å². The Balaban J connectivity index is 1.85. The van der Waals surface area contributed by atoms with Crippen LogP contribution in [-0.4, -0.2) is 17.4 Å². The quantitative estimate of drug-likeness (QED) is 0.854. The minimum Gasteiger partial charge on any atom is -0.331 e. The molecule has 0 aliphatic heterocycles. The Labute approximate surface area is 148 Å². The number of benzene rings is 1. The molecule has 128 valence electrons. The molecule has 0 spiro atoms. The molecule has 1 unspecified atom stereocenters. The second kappa shape index (κ2) is 7.95. The van der Waals surface area contributed by atoms with Gasteiger partial charge in [0, 0.05) is 17.3 Å². The Bertz CT molecular complexity index is 641. The average Bonchev–Trinajstić information content (AvgIpc) is 3.30. The maximum atomic E-state index is 13.3. The molecule has 3 nitrogen and oxygen atoms in total. The highest BCUT2D eigenvalue weighted by molar-refractivity contribution is 7.10. The van der Waals surface area contributed by atoms with Gasteiger partial charge in [0.15, 0.2) is 0 Å². The minimum atomic E-state index is 0.0844. The van der Waals surface area contributed by atoms with E-state index in [0.29, 0.717) is 19.0 Å². The number of amides is 1. The van der Waals surface area contributed by atoms with Crippen molar-refractivity contribution < 1.29 is 4.79 Å². The van der Waals surface area contributed by atoms with Crippen molar-refractivity contribution in [2.75, 3.05) is 6.54 Å². The van der Waals surface area contributed by atoms with Gasteiger partial charge >= 0.3 is 0 Å². The topological polar surface area (TPSA) is 46.3 Å². The lowest BCUT2D eigenvalue weighted by molar-refractivity contribution is -0.139. The van der Waals surface area contributed by atoms with Crippen LogP contribution >= 0.6 is 11.3 Å². The van der Waals surface area contributed by atoms with Crippen molar-refractivity contribution in [3.05, 3.63) is 58.3 Å². The van der Waals surface area contributed by atoms with Crippen LogP contribution in [0.3, 0.4) is 0 Å². The molecule has 1 amide bonds. The monoisotopic (exact) mass is 342 g/mol. The molecule has 1 aromatic carbocycles. The highest BCUT2D eigenvalue weighted by atomic mass is 32.1. The van der Waals surface area contributed by atoms with Crippen molar-refractivity contribution in [3.63, 3.8) is 0 Å².